The van der Waals surface area contributed by atoms with Crippen molar-refractivity contribution < 1.29 is 9.53 Å². The smallest absolute Gasteiger partial charge is 0.349 e. The van der Waals surface area contributed by atoms with E-state index in [-0.39, 0.29) is 0 Å². The minimum Gasteiger partial charge on any atom is -0.465 e. The fourth-order valence-electron chi connectivity index (χ4n) is 0.842. The van der Waals surface area contributed by atoms with E-state index >= 15 is 0 Å². The molecule has 1 aromatic rings. The van der Waals surface area contributed by atoms with Crippen molar-refractivity contribution in [2.75, 3.05) is 7.11 Å². The average molecular weight is 181 g/mol. The van der Waals surface area contributed by atoms with Gasteiger partial charge in [0.05, 0.1) is 12.7 Å². The van der Waals surface area contributed by atoms with Gasteiger partial charge in [-0.3, -0.25) is 0 Å². The van der Waals surface area contributed by atoms with E-state index in [1.54, 1.807) is 6.07 Å². The summed E-state index contributed by atoms with van der Waals surface area (Å²) < 4.78 is 4.51. The average Bonchev–Trinajstić information content (AvgIpc) is 2.45. The molecule has 0 N–H and O–H groups in total. The molecule has 0 saturated heterocycles. The van der Waals surface area contributed by atoms with E-state index in [9.17, 15) is 4.79 Å². The highest BCUT2D eigenvalue weighted by atomic mass is 32.1. The molecule has 62 valence electrons. The van der Waals surface area contributed by atoms with Crippen LogP contribution in [0.1, 0.15) is 20.1 Å². The zero-order valence-electron chi connectivity index (χ0n) is 6.75. The molecule has 0 aromatic carbocycles. The lowest BCUT2D eigenvalue weighted by Crippen LogP contribution is -1.99. The van der Waals surface area contributed by atoms with Gasteiger partial charge in [-0.05, 0) is 13.0 Å². The maximum absolute atomic E-state index is 11.0. The highest BCUT2D eigenvalue weighted by Gasteiger charge is 2.14. The summed E-state index contributed by atoms with van der Waals surface area (Å²) in [5.41, 5.74) is 0.393. The second-order valence-corrected chi connectivity index (χ2v) is 3.46. The van der Waals surface area contributed by atoms with Crippen LogP contribution < -0.4 is 0 Å². The fraction of sp³-hybridized carbons (Fsp3) is 0.250. The third-order valence-electron chi connectivity index (χ3n) is 1.35. The van der Waals surface area contributed by atoms with Crippen LogP contribution in [-0.2, 0) is 4.74 Å². The van der Waals surface area contributed by atoms with E-state index in [2.05, 4.69) is 4.74 Å². The van der Waals surface area contributed by atoms with Crippen molar-refractivity contribution in [2.45, 2.75) is 6.92 Å². The number of thiophene rings is 1. The quantitative estimate of drug-likeness (QED) is 0.620. The molecule has 0 fully saturated rings. The molecule has 0 atom stereocenters. The molecule has 0 radical (unpaired) electrons. The van der Waals surface area contributed by atoms with Crippen molar-refractivity contribution in [3.8, 4) is 6.07 Å². The van der Waals surface area contributed by atoms with E-state index in [0.717, 1.165) is 4.88 Å². The van der Waals surface area contributed by atoms with E-state index in [1.165, 1.54) is 18.4 Å². The van der Waals surface area contributed by atoms with Crippen LogP contribution in [0.2, 0.25) is 0 Å². The lowest BCUT2D eigenvalue weighted by molar-refractivity contribution is 0.0606. The van der Waals surface area contributed by atoms with E-state index in [4.69, 9.17) is 5.26 Å². The van der Waals surface area contributed by atoms with Crippen LogP contribution in [0.3, 0.4) is 0 Å². The van der Waals surface area contributed by atoms with Gasteiger partial charge in [0.1, 0.15) is 10.9 Å². The van der Waals surface area contributed by atoms with Gasteiger partial charge in [-0.2, -0.15) is 5.26 Å². The molecule has 0 unspecified atom stereocenters. The molecule has 0 bridgehead atoms. The van der Waals surface area contributed by atoms with Crippen molar-refractivity contribution in [3.05, 3.63) is 21.4 Å². The maximum Gasteiger partial charge on any atom is 0.349 e. The zero-order valence-corrected chi connectivity index (χ0v) is 7.57. The molecule has 0 amide bonds. The van der Waals surface area contributed by atoms with Crippen molar-refractivity contribution in [1.82, 2.24) is 0 Å². The van der Waals surface area contributed by atoms with E-state index in [1.807, 2.05) is 13.0 Å². The van der Waals surface area contributed by atoms with Crippen LogP contribution >= 0.6 is 11.3 Å². The largest absolute Gasteiger partial charge is 0.465 e. The highest BCUT2D eigenvalue weighted by Crippen LogP contribution is 2.21. The zero-order chi connectivity index (χ0) is 9.14. The third kappa shape index (κ3) is 1.46. The van der Waals surface area contributed by atoms with Gasteiger partial charge in [-0.15, -0.1) is 11.3 Å². The van der Waals surface area contributed by atoms with Gasteiger partial charge < -0.3 is 4.74 Å². The van der Waals surface area contributed by atoms with Crippen molar-refractivity contribution in [2.24, 2.45) is 0 Å². The van der Waals surface area contributed by atoms with Gasteiger partial charge in [0.25, 0.3) is 0 Å². The summed E-state index contributed by atoms with van der Waals surface area (Å²) in [4.78, 5) is 12.4. The molecule has 0 aliphatic heterocycles. The van der Waals surface area contributed by atoms with Crippen LogP contribution in [-0.4, -0.2) is 13.1 Å². The Kier molecular flexibility index (Phi) is 2.46. The molecule has 4 heteroatoms. The first-order valence-corrected chi connectivity index (χ1v) is 4.09. The fourth-order valence-corrected chi connectivity index (χ4v) is 1.72. The Morgan fingerprint density at radius 2 is 2.42 bits per heavy atom. The normalized spacial score (nSPS) is 9.08. The van der Waals surface area contributed by atoms with Crippen molar-refractivity contribution in [3.63, 3.8) is 0 Å². The first-order valence-electron chi connectivity index (χ1n) is 3.28. The second-order valence-electron chi connectivity index (χ2n) is 2.20. The molecule has 3 nitrogen and oxygen atoms in total. The Hall–Kier alpha value is -1.34. The molecule has 12 heavy (non-hydrogen) atoms. The van der Waals surface area contributed by atoms with Crippen LogP contribution in [0.4, 0.5) is 0 Å². The van der Waals surface area contributed by atoms with Gasteiger partial charge in [0.15, 0.2) is 0 Å². The van der Waals surface area contributed by atoms with E-state index in [0.29, 0.717) is 10.4 Å². The second kappa shape index (κ2) is 3.37. The standard InChI is InChI=1S/C8H7NO2S/c1-5-3-6(4-9)7(12-5)8(10)11-2/h3H,1-2H3. The van der Waals surface area contributed by atoms with Gasteiger partial charge >= 0.3 is 5.97 Å². The topological polar surface area (TPSA) is 50.1 Å². The van der Waals surface area contributed by atoms with Crippen molar-refractivity contribution >= 4 is 17.3 Å². The first kappa shape index (κ1) is 8.75. The van der Waals surface area contributed by atoms with Crippen molar-refractivity contribution in [1.29, 1.82) is 5.26 Å². The van der Waals surface area contributed by atoms with E-state index < -0.39 is 5.97 Å². The monoisotopic (exact) mass is 181 g/mol. The predicted octanol–water partition coefficient (Wildman–Crippen LogP) is 1.71. The molecule has 0 aliphatic rings. The van der Waals surface area contributed by atoms with Gasteiger partial charge in [0, 0.05) is 4.88 Å². The first-order chi connectivity index (χ1) is 5.69. The Morgan fingerprint density at radius 3 is 2.92 bits per heavy atom. The maximum atomic E-state index is 11.0. The molecular formula is C8H7NO2S. The molecule has 0 saturated carbocycles. The summed E-state index contributed by atoms with van der Waals surface area (Å²) in [6.45, 7) is 1.85. The number of esters is 1. The summed E-state index contributed by atoms with van der Waals surface area (Å²) in [6.07, 6.45) is 0. The number of nitrogens with zero attached hydrogens (tertiary/aromatic N) is 1. The van der Waals surface area contributed by atoms with Crippen LogP contribution in [0, 0.1) is 18.3 Å². The minimum absolute atomic E-state index is 0.387. The Bertz CT molecular complexity index is 348. The van der Waals surface area contributed by atoms with Gasteiger partial charge in [-0.1, -0.05) is 0 Å². The lowest BCUT2D eigenvalue weighted by atomic mass is 10.2. The Balaban J connectivity index is 3.15. The number of rotatable bonds is 1. The molecule has 1 rings (SSSR count). The molecular weight excluding hydrogens is 174 g/mol. The number of carbonyl (C=O) groups is 1. The van der Waals surface area contributed by atoms with Crippen LogP contribution in [0.25, 0.3) is 0 Å². The van der Waals surface area contributed by atoms with Gasteiger partial charge in [0.2, 0.25) is 0 Å². The summed E-state index contributed by atoms with van der Waals surface area (Å²) in [5.74, 6) is -0.440. The Labute approximate surface area is 74.2 Å². The predicted molar refractivity (Wildman–Crippen MR) is 45.1 cm³/mol. The molecule has 0 aliphatic carbocycles. The number of ether oxygens (including phenoxy) is 1. The SMILES string of the molecule is COC(=O)c1sc(C)cc1C#N. The molecule has 1 heterocycles. The Morgan fingerprint density at radius 1 is 1.75 bits per heavy atom. The highest BCUT2D eigenvalue weighted by molar-refractivity contribution is 7.14. The number of carbonyl (C=O) groups excluding carboxylic acids is 1. The number of nitriles is 1. The van der Waals surface area contributed by atoms with Gasteiger partial charge in [-0.25, -0.2) is 4.79 Å². The summed E-state index contributed by atoms with van der Waals surface area (Å²) in [6, 6.07) is 3.62. The number of aryl methyl sites for hydroxylation is 1. The third-order valence-corrected chi connectivity index (χ3v) is 2.38. The summed E-state index contributed by atoms with van der Waals surface area (Å²) in [5, 5.41) is 8.63. The number of hydrogen-bond donors (Lipinski definition) is 0. The summed E-state index contributed by atoms with van der Waals surface area (Å²) >= 11 is 1.27. The van der Waals surface area contributed by atoms with Crippen LogP contribution in [0.15, 0.2) is 6.07 Å². The van der Waals surface area contributed by atoms with Crippen LogP contribution in [0.5, 0.6) is 0 Å². The summed E-state index contributed by atoms with van der Waals surface area (Å²) in [7, 11) is 1.30. The minimum atomic E-state index is -0.440. The number of hydrogen-bond acceptors (Lipinski definition) is 4. The number of methoxy groups -OCH3 is 1. The molecule has 1 aromatic heterocycles. The lowest BCUT2D eigenvalue weighted by Gasteiger charge is -1.93. The molecule has 0 spiro atoms.